The van der Waals surface area contributed by atoms with Crippen molar-refractivity contribution in [3.8, 4) is 11.1 Å². The molecule has 0 heterocycles. The molecule has 2 rings (SSSR count). The molecule has 0 radical (unpaired) electrons. The molecule has 0 spiro atoms. The maximum Gasteiger partial charge on any atom is 0.0181 e. The second-order valence-electron chi connectivity index (χ2n) is 3.95. The van der Waals surface area contributed by atoms with Crippen molar-refractivity contribution in [1.29, 1.82) is 0 Å². The van der Waals surface area contributed by atoms with E-state index in [1.807, 2.05) is 11.8 Å². The number of thioether (sulfide) groups is 1. The van der Waals surface area contributed by atoms with Crippen molar-refractivity contribution in [1.82, 2.24) is 0 Å². The van der Waals surface area contributed by atoms with Gasteiger partial charge in [-0.25, -0.2) is 0 Å². The van der Waals surface area contributed by atoms with E-state index in [0.717, 1.165) is 5.75 Å². The second kappa shape index (κ2) is 5.22. The van der Waals surface area contributed by atoms with E-state index in [4.69, 9.17) is 0 Å². The minimum absolute atomic E-state index is 1.09. The van der Waals surface area contributed by atoms with E-state index in [9.17, 15) is 0 Å². The monoisotopic (exact) mass is 228 g/mol. The lowest BCUT2D eigenvalue weighted by atomic mass is 9.99. The van der Waals surface area contributed by atoms with Crippen molar-refractivity contribution >= 4 is 11.8 Å². The third kappa shape index (κ3) is 2.48. The van der Waals surface area contributed by atoms with Crippen LogP contribution in [0, 0.1) is 6.92 Å². The first-order valence-corrected chi connectivity index (χ1v) is 6.84. The Morgan fingerprint density at radius 1 is 1.00 bits per heavy atom. The summed E-state index contributed by atoms with van der Waals surface area (Å²) < 4.78 is 0. The molecule has 0 saturated heterocycles. The van der Waals surface area contributed by atoms with Crippen LogP contribution in [0.2, 0.25) is 0 Å². The van der Waals surface area contributed by atoms with Crippen molar-refractivity contribution in [2.75, 3.05) is 6.26 Å². The zero-order valence-electron chi connectivity index (χ0n) is 9.73. The molecule has 0 aliphatic rings. The topological polar surface area (TPSA) is 0 Å². The molecule has 0 nitrogen and oxygen atoms in total. The fraction of sp³-hybridized carbons (Fsp3) is 0.200. The Kier molecular flexibility index (Phi) is 3.68. The van der Waals surface area contributed by atoms with E-state index in [1.165, 1.54) is 22.3 Å². The van der Waals surface area contributed by atoms with E-state index in [-0.39, 0.29) is 0 Å². The molecular weight excluding hydrogens is 212 g/mol. The van der Waals surface area contributed by atoms with Crippen molar-refractivity contribution in [3.63, 3.8) is 0 Å². The molecule has 0 aliphatic carbocycles. The number of rotatable bonds is 3. The summed E-state index contributed by atoms with van der Waals surface area (Å²) in [5, 5.41) is 0. The normalized spacial score (nSPS) is 10.4. The fourth-order valence-corrected chi connectivity index (χ4v) is 2.44. The molecular formula is C15H16S. The Morgan fingerprint density at radius 3 is 2.38 bits per heavy atom. The second-order valence-corrected chi connectivity index (χ2v) is 4.81. The maximum absolute atomic E-state index is 2.29. The zero-order valence-corrected chi connectivity index (χ0v) is 10.6. The van der Waals surface area contributed by atoms with Gasteiger partial charge in [0, 0.05) is 5.75 Å². The Morgan fingerprint density at radius 2 is 1.75 bits per heavy atom. The summed E-state index contributed by atoms with van der Waals surface area (Å²) in [6.45, 7) is 2.19. The summed E-state index contributed by atoms with van der Waals surface area (Å²) in [4.78, 5) is 0. The lowest BCUT2D eigenvalue weighted by Crippen LogP contribution is -1.86. The average Bonchev–Trinajstić information content (AvgIpc) is 2.31. The third-order valence-corrected chi connectivity index (χ3v) is 3.31. The number of aryl methyl sites for hydroxylation is 1. The van der Waals surface area contributed by atoms with Gasteiger partial charge in [-0.1, -0.05) is 48.5 Å². The quantitative estimate of drug-likeness (QED) is 0.744. The van der Waals surface area contributed by atoms with E-state index in [0.29, 0.717) is 0 Å². The van der Waals surface area contributed by atoms with Crippen LogP contribution in [0.1, 0.15) is 11.1 Å². The summed E-state index contributed by atoms with van der Waals surface area (Å²) in [5.74, 6) is 1.09. The van der Waals surface area contributed by atoms with Crippen molar-refractivity contribution < 1.29 is 0 Å². The van der Waals surface area contributed by atoms with E-state index >= 15 is 0 Å². The maximum atomic E-state index is 2.29. The summed E-state index contributed by atoms with van der Waals surface area (Å²) in [7, 11) is 0. The van der Waals surface area contributed by atoms with Gasteiger partial charge >= 0.3 is 0 Å². The molecule has 0 N–H and O–H groups in total. The van der Waals surface area contributed by atoms with Crippen LogP contribution < -0.4 is 0 Å². The van der Waals surface area contributed by atoms with Gasteiger partial charge in [-0.05, 0) is 35.4 Å². The highest BCUT2D eigenvalue weighted by molar-refractivity contribution is 7.97. The molecule has 0 amide bonds. The van der Waals surface area contributed by atoms with E-state index in [1.54, 1.807) is 0 Å². The highest BCUT2D eigenvalue weighted by atomic mass is 32.2. The summed E-state index contributed by atoms with van der Waals surface area (Å²) in [6, 6.07) is 17.3. The smallest absolute Gasteiger partial charge is 0.0181 e. The van der Waals surface area contributed by atoms with Crippen molar-refractivity contribution in [2.24, 2.45) is 0 Å². The molecule has 2 aromatic carbocycles. The molecule has 0 atom stereocenters. The highest BCUT2D eigenvalue weighted by Gasteiger charge is 2.01. The Hall–Kier alpha value is -1.21. The lowest BCUT2D eigenvalue weighted by Gasteiger charge is -2.08. The first kappa shape index (κ1) is 11.3. The minimum Gasteiger partial charge on any atom is -0.161 e. The molecule has 0 fully saturated rings. The number of hydrogen-bond donors (Lipinski definition) is 0. The van der Waals surface area contributed by atoms with Crippen LogP contribution in [0.5, 0.6) is 0 Å². The third-order valence-electron chi connectivity index (χ3n) is 2.69. The fourth-order valence-electron chi connectivity index (χ4n) is 1.92. The number of benzene rings is 2. The highest BCUT2D eigenvalue weighted by Crippen LogP contribution is 2.24. The Bertz CT molecular complexity index is 460. The molecule has 0 saturated carbocycles. The van der Waals surface area contributed by atoms with Crippen LogP contribution in [0.15, 0.2) is 48.5 Å². The molecule has 1 heteroatoms. The number of hydrogen-bond acceptors (Lipinski definition) is 1. The Balaban J connectivity index is 2.37. The van der Waals surface area contributed by atoms with Crippen LogP contribution in [-0.4, -0.2) is 6.26 Å². The minimum atomic E-state index is 1.09. The molecule has 16 heavy (non-hydrogen) atoms. The summed E-state index contributed by atoms with van der Waals surface area (Å²) in [6.07, 6.45) is 2.14. The van der Waals surface area contributed by atoms with Gasteiger partial charge in [0.15, 0.2) is 0 Å². The van der Waals surface area contributed by atoms with Gasteiger partial charge < -0.3 is 0 Å². The SMILES string of the molecule is CSCc1ccc(-c2ccccc2)c(C)c1. The summed E-state index contributed by atoms with van der Waals surface area (Å²) >= 11 is 1.87. The first-order chi connectivity index (χ1) is 7.81. The standard InChI is InChI=1S/C15H16S/c1-12-10-13(11-16-2)8-9-15(12)14-6-4-3-5-7-14/h3-10H,11H2,1-2H3. The average molecular weight is 228 g/mol. The molecule has 0 unspecified atom stereocenters. The predicted molar refractivity (Wildman–Crippen MR) is 73.8 cm³/mol. The van der Waals surface area contributed by atoms with Crippen molar-refractivity contribution in [2.45, 2.75) is 12.7 Å². The lowest BCUT2D eigenvalue weighted by molar-refractivity contribution is 1.35. The van der Waals surface area contributed by atoms with E-state index in [2.05, 4.69) is 61.7 Å². The first-order valence-electron chi connectivity index (χ1n) is 5.45. The van der Waals surface area contributed by atoms with Gasteiger partial charge in [-0.3, -0.25) is 0 Å². The van der Waals surface area contributed by atoms with Gasteiger partial charge in [-0.15, -0.1) is 0 Å². The van der Waals surface area contributed by atoms with Crippen molar-refractivity contribution in [3.05, 3.63) is 59.7 Å². The van der Waals surface area contributed by atoms with Crippen LogP contribution in [0.3, 0.4) is 0 Å². The summed E-state index contributed by atoms with van der Waals surface area (Å²) in [5.41, 5.74) is 5.41. The van der Waals surface area contributed by atoms with Gasteiger partial charge in [0.2, 0.25) is 0 Å². The molecule has 0 bridgehead atoms. The zero-order chi connectivity index (χ0) is 11.4. The molecule has 2 aromatic rings. The van der Waals surface area contributed by atoms with Crippen LogP contribution >= 0.6 is 11.8 Å². The predicted octanol–water partition coefficient (Wildman–Crippen LogP) is 4.53. The largest absolute Gasteiger partial charge is 0.161 e. The Labute approximate surface area is 102 Å². The van der Waals surface area contributed by atoms with Gasteiger partial charge in [0.05, 0.1) is 0 Å². The van der Waals surface area contributed by atoms with Crippen LogP contribution in [0.4, 0.5) is 0 Å². The molecule has 0 aromatic heterocycles. The molecule has 0 aliphatic heterocycles. The molecule has 82 valence electrons. The van der Waals surface area contributed by atoms with Gasteiger partial charge in [0.1, 0.15) is 0 Å². The van der Waals surface area contributed by atoms with Crippen LogP contribution in [-0.2, 0) is 5.75 Å². The van der Waals surface area contributed by atoms with Gasteiger partial charge in [0.25, 0.3) is 0 Å². The van der Waals surface area contributed by atoms with Gasteiger partial charge in [-0.2, -0.15) is 11.8 Å². The van der Waals surface area contributed by atoms with Crippen LogP contribution in [0.25, 0.3) is 11.1 Å². The van der Waals surface area contributed by atoms with E-state index < -0.39 is 0 Å².